The summed E-state index contributed by atoms with van der Waals surface area (Å²) >= 11 is 0. The number of nitrogens with zero attached hydrogens (tertiary/aromatic N) is 4. The fourth-order valence-electron chi connectivity index (χ4n) is 2.01. The van der Waals surface area contributed by atoms with Gasteiger partial charge in [0.1, 0.15) is 11.9 Å². The van der Waals surface area contributed by atoms with Crippen LogP contribution in [0.4, 0.5) is 0 Å². The molecule has 0 aliphatic heterocycles. The van der Waals surface area contributed by atoms with Crippen molar-refractivity contribution in [2.24, 2.45) is 0 Å². The largest absolute Gasteiger partial charge is 0.478 e. The van der Waals surface area contributed by atoms with Gasteiger partial charge in [0, 0.05) is 29.7 Å². The lowest BCUT2D eigenvalue weighted by molar-refractivity contribution is 0.0698. The molecule has 0 radical (unpaired) electrons. The van der Waals surface area contributed by atoms with E-state index in [1.807, 2.05) is 13.0 Å². The molecule has 3 aromatic heterocycles. The zero-order chi connectivity index (χ0) is 13.4. The standard InChI is InChI=1S/C13H10N4O2/c1-8-2-3-14-5-11(8)9-4-10(13(18)19)12-16-15-7-17(12)6-9/h2-7H,1H3,(H,18,19). The topological polar surface area (TPSA) is 80.4 Å². The molecule has 3 aromatic rings. The van der Waals surface area contributed by atoms with Crippen molar-refractivity contribution in [3.05, 3.63) is 48.2 Å². The molecule has 0 atom stereocenters. The summed E-state index contributed by atoms with van der Waals surface area (Å²) in [5.74, 6) is -1.03. The predicted molar refractivity (Wildman–Crippen MR) is 67.9 cm³/mol. The maximum Gasteiger partial charge on any atom is 0.339 e. The number of rotatable bonds is 2. The van der Waals surface area contributed by atoms with Crippen LogP contribution < -0.4 is 0 Å². The Morgan fingerprint density at radius 1 is 1.42 bits per heavy atom. The first kappa shape index (κ1) is 11.3. The number of aromatic carboxylic acids is 1. The summed E-state index contributed by atoms with van der Waals surface area (Å²) in [6.45, 7) is 1.95. The third kappa shape index (κ3) is 1.83. The highest BCUT2D eigenvalue weighted by atomic mass is 16.4. The Kier molecular flexibility index (Phi) is 2.49. The van der Waals surface area contributed by atoms with Crippen molar-refractivity contribution in [1.82, 2.24) is 19.6 Å². The Labute approximate surface area is 108 Å². The monoisotopic (exact) mass is 254 g/mol. The van der Waals surface area contributed by atoms with Crippen molar-refractivity contribution in [1.29, 1.82) is 0 Å². The summed E-state index contributed by atoms with van der Waals surface area (Å²) in [4.78, 5) is 15.4. The van der Waals surface area contributed by atoms with Gasteiger partial charge in [-0.2, -0.15) is 0 Å². The molecule has 3 heterocycles. The van der Waals surface area contributed by atoms with Crippen LogP contribution in [0.1, 0.15) is 15.9 Å². The minimum absolute atomic E-state index is 0.123. The molecule has 0 aromatic carbocycles. The number of pyridine rings is 2. The van der Waals surface area contributed by atoms with Crippen molar-refractivity contribution < 1.29 is 9.90 Å². The molecule has 0 spiro atoms. The number of hydrogen-bond acceptors (Lipinski definition) is 4. The van der Waals surface area contributed by atoms with Gasteiger partial charge in [-0.15, -0.1) is 10.2 Å². The number of aryl methyl sites for hydroxylation is 1. The van der Waals surface area contributed by atoms with E-state index in [0.29, 0.717) is 5.65 Å². The van der Waals surface area contributed by atoms with E-state index in [0.717, 1.165) is 16.7 Å². The normalized spacial score (nSPS) is 10.8. The van der Waals surface area contributed by atoms with Crippen LogP contribution in [0.15, 0.2) is 37.1 Å². The van der Waals surface area contributed by atoms with Crippen LogP contribution in [-0.4, -0.2) is 30.7 Å². The molecule has 94 valence electrons. The highest BCUT2D eigenvalue weighted by molar-refractivity contribution is 5.95. The van der Waals surface area contributed by atoms with E-state index in [1.54, 1.807) is 29.1 Å². The Bertz CT molecular complexity index is 779. The molecule has 0 aliphatic carbocycles. The average Bonchev–Trinajstić information content (AvgIpc) is 2.86. The summed E-state index contributed by atoms with van der Waals surface area (Å²) in [5.41, 5.74) is 3.14. The maximum atomic E-state index is 11.3. The van der Waals surface area contributed by atoms with Crippen LogP contribution >= 0.6 is 0 Å². The molecular weight excluding hydrogens is 244 g/mol. The minimum Gasteiger partial charge on any atom is -0.478 e. The van der Waals surface area contributed by atoms with Crippen molar-refractivity contribution in [2.45, 2.75) is 6.92 Å². The van der Waals surface area contributed by atoms with E-state index in [1.165, 1.54) is 6.33 Å². The predicted octanol–water partition coefficient (Wildman–Crippen LogP) is 1.80. The van der Waals surface area contributed by atoms with Crippen LogP contribution in [0.3, 0.4) is 0 Å². The van der Waals surface area contributed by atoms with E-state index in [4.69, 9.17) is 0 Å². The lowest BCUT2D eigenvalue weighted by Gasteiger charge is -2.07. The zero-order valence-electron chi connectivity index (χ0n) is 10.1. The smallest absolute Gasteiger partial charge is 0.339 e. The Hall–Kier alpha value is -2.76. The number of carboxylic acid groups (broad SMARTS) is 1. The van der Waals surface area contributed by atoms with Gasteiger partial charge >= 0.3 is 5.97 Å². The first-order valence-corrected chi connectivity index (χ1v) is 5.64. The molecule has 0 amide bonds. The minimum atomic E-state index is -1.03. The van der Waals surface area contributed by atoms with Crippen LogP contribution in [0, 0.1) is 6.92 Å². The van der Waals surface area contributed by atoms with Gasteiger partial charge in [-0.3, -0.25) is 9.38 Å². The summed E-state index contributed by atoms with van der Waals surface area (Å²) in [6.07, 6.45) is 6.70. The Morgan fingerprint density at radius 2 is 2.26 bits per heavy atom. The quantitative estimate of drug-likeness (QED) is 0.754. The van der Waals surface area contributed by atoms with Crippen molar-refractivity contribution in [2.75, 3.05) is 0 Å². The van der Waals surface area contributed by atoms with Gasteiger partial charge in [0.05, 0.1) is 0 Å². The molecule has 3 rings (SSSR count). The van der Waals surface area contributed by atoms with Gasteiger partial charge in [0.2, 0.25) is 0 Å². The molecule has 19 heavy (non-hydrogen) atoms. The molecule has 0 unspecified atom stereocenters. The number of hydrogen-bond donors (Lipinski definition) is 1. The number of carboxylic acids is 1. The summed E-state index contributed by atoms with van der Waals surface area (Å²) in [7, 11) is 0. The zero-order valence-corrected chi connectivity index (χ0v) is 10.1. The SMILES string of the molecule is Cc1ccncc1-c1cc(C(=O)O)c2nncn2c1. The highest BCUT2D eigenvalue weighted by Gasteiger charge is 2.14. The molecule has 0 saturated carbocycles. The van der Waals surface area contributed by atoms with Crippen molar-refractivity contribution in [3.8, 4) is 11.1 Å². The summed E-state index contributed by atoms with van der Waals surface area (Å²) in [6, 6.07) is 3.47. The molecule has 0 aliphatic rings. The van der Waals surface area contributed by atoms with Gasteiger partial charge < -0.3 is 5.11 Å². The van der Waals surface area contributed by atoms with Gasteiger partial charge in [-0.25, -0.2) is 4.79 Å². The highest BCUT2D eigenvalue weighted by Crippen LogP contribution is 2.24. The molecule has 6 heteroatoms. The third-order valence-corrected chi connectivity index (χ3v) is 2.97. The molecule has 0 fully saturated rings. The second-order valence-corrected chi connectivity index (χ2v) is 4.20. The molecule has 1 N–H and O–H groups in total. The first-order valence-electron chi connectivity index (χ1n) is 5.64. The second-order valence-electron chi connectivity index (χ2n) is 4.20. The summed E-state index contributed by atoms with van der Waals surface area (Å²) < 4.78 is 1.60. The van der Waals surface area contributed by atoms with Crippen molar-refractivity contribution >= 4 is 11.6 Å². The number of carbonyl (C=O) groups is 1. The second kappa shape index (κ2) is 4.16. The lowest BCUT2D eigenvalue weighted by atomic mass is 10.0. The van der Waals surface area contributed by atoms with Crippen LogP contribution in [-0.2, 0) is 0 Å². The number of aromatic nitrogens is 4. The van der Waals surface area contributed by atoms with Gasteiger partial charge in [-0.1, -0.05) is 0 Å². The van der Waals surface area contributed by atoms with Gasteiger partial charge in [0.25, 0.3) is 0 Å². The first-order chi connectivity index (χ1) is 9.16. The van der Waals surface area contributed by atoms with E-state index in [9.17, 15) is 9.90 Å². The molecule has 0 saturated heterocycles. The molecular formula is C13H10N4O2. The van der Waals surface area contributed by atoms with Gasteiger partial charge in [0.15, 0.2) is 5.65 Å². The maximum absolute atomic E-state index is 11.3. The van der Waals surface area contributed by atoms with Crippen LogP contribution in [0.25, 0.3) is 16.8 Å². The third-order valence-electron chi connectivity index (χ3n) is 2.97. The number of fused-ring (bicyclic) bond motifs is 1. The molecule has 6 nitrogen and oxygen atoms in total. The van der Waals surface area contributed by atoms with Crippen LogP contribution in [0.2, 0.25) is 0 Å². The van der Waals surface area contributed by atoms with Crippen molar-refractivity contribution in [3.63, 3.8) is 0 Å². The lowest BCUT2D eigenvalue weighted by Crippen LogP contribution is -2.02. The fourth-order valence-corrected chi connectivity index (χ4v) is 2.01. The summed E-state index contributed by atoms with van der Waals surface area (Å²) in [5, 5.41) is 16.8. The average molecular weight is 254 g/mol. The van der Waals surface area contributed by atoms with E-state index < -0.39 is 5.97 Å². The van der Waals surface area contributed by atoms with E-state index in [2.05, 4.69) is 15.2 Å². The van der Waals surface area contributed by atoms with E-state index in [-0.39, 0.29) is 5.56 Å². The van der Waals surface area contributed by atoms with Crippen LogP contribution in [0.5, 0.6) is 0 Å². The van der Waals surface area contributed by atoms with E-state index >= 15 is 0 Å². The Balaban J connectivity index is 2.31. The Morgan fingerprint density at radius 3 is 3.00 bits per heavy atom. The van der Waals surface area contributed by atoms with Gasteiger partial charge in [-0.05, 0) is 24.6 Å². The fraction of sp³-hybridized carbons (Fsp3) is 0.0769. The molecule has 0 bridgehead atoms.